The number of para-hydroxylation sites is 1. The van der Waals surface area contributed by atoms with E-state index in [1.165, 1.54) is 36.8 Å². The number of carbonyl (C=O) groups is 1. The highest BCUT2D eigenvalue weighted by Gasteiger charge is 2.48. The van der Waals surface area contributed by atoms with E-state index in [-0.39, 0.29) is 17.4 Å². The van der Waals surface area contributed by atoms with Crippen LogP contribution in [-0.4, -0.2) is 15.6 Å². The summed E-state index contributed by atoms with van der Waals surface area (Å²) in [5.74, 6) is 4.32. The van der Waals surface area contributed by atoms with E-state index in [2.05, 4.69) is 10.4 Å². The average molecular weight is 380 g/mol. The Balaban J connectivity index is 1.40. The second kappa shape index (κ2) is 6.71. The molecule has 1 amide bonds. The summed E-state index contributed by atoms with van der Waals surface area (Å²) in [6.45, 7) is 3.99. The molecule has 4 fully saturated rings. The van der Waals surface area contributed by atoms with E-state index in [1.54, 1.807) is 6.07 Å². The fourth-order valence-corrected chi connectivity index (χ4v) is 6.40. The van der Waals surface area contributed by atoms with Gasteiger partial charge in [0.25, 0.3) is 5.56 Å². The van der Waals surface area contributed by atoms with Crippen molar-refractivity contribution in [1.82, 2.24) is 9.66 Å². The van der Waals surface area contributed by atoms with E-state index in [1.807, 2.05) is 32.0 Å². The van der Waals surface area contributed by atoms with Crippen molar-refractivity contribution in [3.8, 4) is 0 Å². The zero-order valence-corrected chi connectivity index (χ0v) is 16.7. The standard InChI is InChI=1S/C23H29N3O2/c1-13(2)22-24-20-6-4-3-5-18(20)23(28)26(22)25-21(27)12-19-16-8-14-7-15(10-16)11-17(19)9-14/h3-6,13-17,19H,7-12H2,1-2H3,(H,25,27). The molecule has 5 nitrogen and oxygen atoms in total. The number of aromatic nitrogens is 2. The summed E-state index contributed by atoms with van der Waals surface area (Å²) >= 11 is 0. The van der Waals surface area contributed by atoms with Gasteiger partial charge >= 0.3 is 0 Å². The molecule has 4 aliphatic carbocycles. The predicted octanol–water partition coefficient (Wildman–Crippen LogP) is 4.05. The highest BCUT2D eigenvalue weighted by Crippen LogP contribution is 2.57. The highest BCUT2D eigenvalue weighted by atomic mass is 16.2. The summed E-state index contributed by atoms with van der Waals surface area (Å²) < 4.78 is 1.39. The normalized spacial score (nSPS) is 30.9. The number of carbonyl (C=O) groups excluding carboxylic acids is 1. The first kappa shape index (κ1) is 17.9. The first-order valence-corrected chi connectivity index (χ1v) is 10.8. The number of hydrogen-bond donors (Lipinski definition) is 1. The summed E-state index contributed by atoms with van der Waals surface area (Å²) in [7, 11) is 0. The Kier molecular flexibility index (Phi) is 4.29. The zero-order chi connectivity index (χ0) is 19.4. The largest absolute Gasteiger partial charge is 0.280 e. The summed E-state index contributed by atoms with van der Waals surface area (Å²) in [5, 5.41) is 0.543. The van der Waals surface area contributed by atoms with E-state index in [4.69, 9.17) is 0 Å². The molecule has 4 saturated carbocycles. The Morgan fingerprint density at radius 3 is 2.39 bits per heavy atom. The molecule has 0 unspecified atom stereocenters. The van der Waals surface area contributed by atoms with Gasteiger partial charge in [-0.3, -0.25) is 15.0 Å². The molecule has 0 spiro atoms. The van der Waals surface area contributed by atoms with Gasteiger partial charge in [-0.2, -0.15) is 0 Å². The molecule has 4 bridgehead atoms. The molecule has 2 aromatic rings. The minimum atomic E-state index is -0.187. The molecule has 0 atom stereocenters. The summed E-state index contributed by atoms with van der Waals surface area (Å²) in [6.07, 6.45) is 7.17. The molecule has 0 saturated heterocycles. The van der Waals surface area contributed by atoms with Crippen LogP contribution in [0.1, 0.15) is 64.1 Å². The van der Waals surface area contributed by atoms with E-state index in [9.17, 15) is 9.59 Å². The van der Waals surface area contributed by atoms with Gasteiger partial charge in [0.05, 0.1) is 10.9 Å². The van der Waals surface area contributed by atoms with E-state index >= 15 is 0 Å². The molecule has 28 heavy (non-hydrogen) atoms. The van der Waals surface area contributed by atoms with Gasteiger partial charge in [-0.25, -0.2) is 9.66 Å². The van der Waals surface area contributed by atoms with Crippen molar-refractivity contribution in [3.63, 3.8) is 0 Å². The maximum Gasteiger partial charge on any atom is 0.280 e. The number of amides is 1. The topological polar surface area (TPSA) is 64.0 Å². The maximum absolute atomic E-state index is 13.0. The SMILES string of the molecule is CC(C)c1nc2ccccc2c(=O)n1NC(=O)CC1C2CC3CC(C2)CC1C3. The number of hydrogen-bond acceptors (Lipinski definition) is 3. The third kappa shape index (κ3) is 2.96. The molecule has 1 heterocycles. The van der Waals surface area contributed by atoms with E-state index < -0.39 is 0 Å². The molecule has 0 radical (unpaired) electrons. The van der Waals surface area contributed by atoms with Crippen molar-refractivity contribution in [1.29, 1.82) is 0 Å². The third-order valence-electron chi connectivity index (χ3n) is 7.40. The molecule has 6 rings (SSSR count). The van der Waals surface area contributed by atoms with Crippen LogP contribution in [0.5, 0.6) is 0 Å². The quantitative estimate of drug-likeness (QED) is 0.871. The first-order chi connectivity index (χ1) is 13.5. The van der Waals surface area contributed by atoms with Gasteiger partial charge in [-0.15, -0.1) is 0 Å². The Labute approximate surface area is 165 Å². The maximum atomic E-state index is 13.0. The molecule has 5 heteroatoms. The highest BCUT2D eigenvalue weighted by molar-refractivity contribution is 5.85. The van der Waals surface area contributed by atoms with Crippen LogP contribution < -0.4 is 11.0 Å². The fourth-order valence-electron chi connectivity index (χ4n) is 6.40. The Bertz CT molecular complexity index is 949. The van der Waals surface area contributed by atoms with Crippen LogP contribution in [0.2, 0.25) is 0 Å². The second-order valence-electron chi connectivity index (χ2n) is 9.62. The van der Waals surface area contributed by atoms with Crippen molar-refractivity contribution < 1.29 is 4.79 Å². The molecular weight excluding hydrogens is 350 g/mol. The van der Waals surface area contributed by atoms with Gasteiger partial charge < -0.3 is 0 Å². The lowest BCUT2D eigenvalue weighted by atomic mass is 9.51. The number of nitrogens with one attached hydrogen (secondary N) is 1. The number of nitrogens with zero attached hydrogens (tertiary/aromatic N) is 2. The number of rotatable bonds is 4. The van der Waals surface area contributed by atoms with Gasteiger partial charge in [0.1, 0.15) is 5.82 Å². The minimum absolute atomic E-state index is 0.0405. The molecule has 1 aromatic carbocycles. The monoisotopic (exact) mass is 379 g/mol. The van der Waals surface area contributed by atoms with Crippen molar-refractivity contribution >= 4 is 16.8 Å². The van der Waals surface area contributed by atoms with E-state index in [0.29, 0.717) is 40.9 Å². The molecule has 148 valence electrons. The van der Waals surface area contributed by atoms with Crippen molar-refractivity contribution in [2.45, 2.75) is 58.3 Å². The lowest BCUT2D eigenvalue weighted by molar-refractivity contribution is -0.122. The summed E-state index contributed by atoms with van der Waals surface area (Å²) in [4.78, 5) is 30.7. The second-order valence-corrected chi connectivity index (χ2v) is 9.62. The minimum Gasteiger partial charge on any atom is -0.273 e. The van der Waals surface area contributed by atoms with Crippen LogP contribution in [0, 0.1) is 29.6 Å². The van der Waals surface area contributed by atoms with Crippen LogP contribution >= 0.6 is 0 Å². The molecule has 4 aliphatic rings. The first-order valence-electron chi connectivity index (χ1n) is 10.8. The molecule has 1 N–H and O–H groups in total. The van der Waals surface area contributed by atoms with E-state index in [0.717, 1.165) is 11.8 Å². The van der Waals surface area contributed by atoms with Crippen molar-refractivity contribution in [3.05, 3.63) is 40.4 Å². The Morgan fingerprint density at radius 2 is 1.75 bits per heavy atom. The molecule has 0 aliphatic heterocycles. The average Bonchev–Trinajstić information content (AvgIpc) is 2.66. The van der Waals surface area contributed by atoms with Crippen LogP contribution in [-0.2, 0) is 4.79 Å². The number of fused-ring (bicyclic) bond motifs is 1. The van der Waals surface area contributed by atoms with Gasteiger partial charge in [0.15, 0.2) is 0 Å². The fraction of sp³-hybridized carbons (Fsp3) is 0.609. The van der Waals surface area contributed by atoms with Crippen LogP contribution in [0.3, 0.4) is 0 Å². The van der Waals surface area contributed by atoms with Crippen LogP contribution in [0.15, 0.2) is 29.1 Å². The van der Waals surface area contributed by atoms with Crippen molar-refractivity contribution in [2.75, 3.05) is 5.43 Å². The van der Waals surface area contributed by atoms with Gasteiger partial charge in [0.2, 0.25) is 5.91 Å². The van der Waals surface area contributed by atoms with Gasteiger partial charge in [-0.05, 0) is 73.8 Å². The lowest BCUT2D eigenvalue weighted by Gasteiger charge is -2.54. The Morgan fingerprint density at radius 1 is 1.11 bits per heavy atom. The zero-order valence-electron chi connectivity index (χ0n) is 16.7. The van der Waals surface area contributed by atoms with Gasteiger partial charge in [-0.1, -0.05) is 26.0 Å². The molecular formula is C23H29N3O2. The smallest absolute Gasteiger partial charge is 0.273 e. The predicted molar refractivity (Wildman–Crippen MR) is 110 cm³/mol. The summed E-state index contributed by atoms with van der Waals surface area (Å²) in [6, 6.07) is 7.34. The number of benzene rings is 1. The third-order valence-corrected chi connectivity index (χ3v) is 7.40. The van der Waals surface area contributed by atoms with Crippen molar-refractivity contribution in [2.24, 2.45) is 29.6 Å². The summed E-state index contributed by atoms with van der Waals surface area (Å²) in [5.41, 5.74) is 3.41. The van der Waals surface area contributed by atoms with Crippen LogP contribution in [0.4, 0.5) is 0 Å². The van der Waals surface area contributed by atoms with Gasteiger partial charge in [0, 0.05) is 12.3 Å². The van der Waals surface area contributed by atoms with Crippen LogP contribution in [0.25, 0.3) is 10.9 Å². The Hall–Kier alpha value is -2.17. The molecule has 1 aromatic heterocycles. The lowest BCUT2D eigenvalue weighted by Crippen LogP contribution is -2.47.